The third-order valence-corrected chi connectivity index (χ3v) is 10.3. The largest absolute Gasteiger partial charge is 0.416 e. The summed E-state index contributed by atoms with van der Waals surface area (Å²) in [5, 5.41) is 13.6. The second kappa shape index (κ2) is 12.5. The zero-order valence-corrected chi connectivity index (χ0v) is 29.4. The monoisotopic (exact) mass is 706 g/mol. The molecule has 0 radical (unpaired) electrons. The Bertz CT molecular complexity index is 3140. The van der Waals surface area contributed by atoms with Crippen molar-refractivity contribution in [1.82, 2.24) is 29.3 Å². The van der Waals surface area contributed by atoms with Crippen molar-refractivity contribution in [3.05, 3.63) is 182 Å². The van der Waals surface area contributed by atoms with E-state index in [0.717, 1.165) is 72.2 Å². The lowest BCUT2D eigenvalue weighted by Crippen LogP contribution is -2.03. The molecule has 0 saturated heterocycles. The van der Waals surface area contributed by atoms with Gasteiger partial charge in [0.05, 0.1) is 33.5 Å². The van der Waals surface area contributed by atoms with Gasteiger partial charge >= 0.3 is 0 Å². The first-order valence-electron chi connectivity index (χ1n) is 18.2. The first-order chi connectivity index (χ1) is 27.3. The van der Waals surface area contributed by atoms with Crippen LogP contribution in [-0.4, -0.2) is 29.3 Å². The Balaban J connectivity index is 1.03. The Labute approximate surface area is 315 Å². The molecule has 11 aromatic rings. The van der Waals surface area contributed by atoms with Gasteiger partial charge in [-0.1, -0.05) is 121 Å². The Morgan fingerprint density at radius 3 is 1.49 bits per heavy atom. The van der Waals surface area contributed by atoms with E-state index in [1.807, 2.05) is 48.5 Å². The fourth-order valence-corrected chi connectivity index (χ4v) is 7.78. The van der Waals surface area contributed by atoms with E-state index >= 15 is 0 Å². The van der Waals surface area contributed by atoms with Gasteiger partial charge in [0.2, 0.25) is 17.7 Å². The summed E-state index contributed by atoms with van der Waals surface area (Å²) in [5.41, 5.74) is 10.8. The van der Waals surface area contributed by atoms with Crippen LogP contribution in [-0.2, 0) is 0 Å². The van der Waals surface area contributed by atoms with Gasteiger partial charge in [-0.3, -0.25) is 4.57 Å². The summed E-state index contributed by atoms with van der Waals surface area (Å²) in [6, 6.07) is 62.5. The van der Waals surface area contributed by atoms with Gasteiger partial charge in [-0.2, -0.15) is 0 Å². The lowest BCUT2D eigenvalue weighted by Gasteiger charge is -2.11. The smallest absolute Gasteiger partial charge is 0.248 e. The van der Waals surface area contributed by atoms with Crippen LogP contribution in [0, 0.1) is 0 Å². The van der Waals surface area contributed by atoms with Gasteiger partial charge < -0.3 is 8.98 Å². The van der Waals surface area contributed by atoms with Crippen LogP contribution >= 0.6 is 0 Å². The molecule has 7 aromatic carbocycles. The predicted octanol–water partition coefficient (Wildman–Crippen LogP) is 11.7. The average Bonchev–Trinajstić information content (AvgIpc) is 3.97. The van der Waals surface area contributed by atoms with Crippen molar-refractivity contribution in [2.75, 3.05) is 0 Å². The summed E-state index contributed by atoms with van der Waals surface area (Å²) in [6.07, 6.45) is 0. The van der Waals surface area contributed by atoms with Crippen LogP contribution in [0.15, 0.2) is 186 Å². The number of aromatic nitrogens is 6. The fraction of sp³-hybridized carbons (Fsp3) is 0. The Morgan fingerprint density at radius 2 is 0.836 bits per heavy atom. The van der Waals surface area contributed by atoms with Crippen LogP contribution in [0.2, 0.25) is 0 Å². The van der Waals surface area contributed by atoms with E-state index in [4.69, 9.17) is 14.4 Å². The molecule has 4 heterocycles. The summed E-state index contributed by atoms with van der Waals surface area (Å²) in [5.74, 6) is 1.51. The molecule has 7 heteroatoms. The number of para-hydroxylation sites is 3. The zero-order chi connectivity index (χ0) is 36.3. The van der Waals surface area contributed by atoms with Crippen molar-refractivity contribution in [2.24, 2.45) is 0 Å². The van der Waals surface area contributed by atoms with Crippen LogP contribution < -0.4 is 0 Å². The molecular formula is C48H30N6O. The molecule has 11 rings (SSSR count). The van der Waals surface area contributed by atoms with Crippen molar-refractivity contribution in [1.29, 1.82) is 0 Å². The van der Waals surface area contributed by atoms with Gasteiger partial charge in [-0.15, -0.1) is 10.2 Å². The molecule has 0 fully saturated rings. The molecule has 0 aliphatic heterocycles. The van der Waals surface area contributed by atoms with Gasteiger partial charge in [0.25, 0.3) is 0 Å². The standard InChI is InChI=1S/C48H30N6O/c1-4-14-31(15-5-1)40-30-41(32-16-6-2-7-17-32)50-48(49-40)54-43-23-13-11-21-37(43)39-28-33(25-27-44(39)54)46-51-52-47(55-46)34-24-26-38-36-20-10-12-22-42(36)53(45(38)29-34)35-18-8-3-9-19-35/h1-30H. The molecule has 55 heavy (non-hydrogen) atoms. The molecule has 0 saturated carbocycles. The number of nitrogens with zero attached hydrogens (tertiary/aromatic N) is 6. The number of benzene rings is 7. The minimum absolute atomic E-state index is 0.450. The Hall–Kier alpha value is -7.64. The van der Waals surface area contributed by atoms with Crippen molar-refractivity contribution in [3.8, 4) is 57.1 Å². The minimum atomic E-state index is 0.450. The van der Waals surface area contributed by atoms with Gasteiger partial charge in [0.15, 0.2) is 0 Å². The molecule has 0 aliphatic carbocycles. The van der Waals surface area contributed by atoms with E-state index in [1.165, 1.54) is 10.8 Å². The molecule has 4 aromatic heterocycles. The summed E-state index contributed by atoms with van der Waals surface area (Å²) in [4.78, 5) is 10.3. The molecule has 258 valence electrons. The average molecular weight is 707 g/mol. The molecule has 0 atom stereocenters. The van der Waals surface area contributed by atoms with Crippen molar-refractivity contribution in [3.63, 3.8) is 0 Å². The van der Waals surface area contributed by atoms with E-state index in [2.05, 4.69) is 153 Å². The third kappa shape index (κ3) is 5.13. The molecule has 0 N–H and O–H groups in total. The molecule has 0 spiro atoms. The summed E-state index contributed by atoms with van der Waals surface area (Å²) in [7, 11) is 0. The van der Waals surface area contributed by atoms with Crippen LogP contribution in [0.25, 0.3) is 101 Å². The highest BCUT2D eigenvalue weighted by molar-refractivity contribution is 6.11. The van der Waals surface area contributed by atoms with Crippen LogP contribution in [0.1, 0.15) is 0 Å². The molecule has 0 bridgehead atoms. The number of rotatable bonds is 6. The Morgan fingerprint density at radius 1 is 0.345 bits per heavy atom. The predicted molar refractivity (Wildman–Crippen MR) is 220 cm³/mol. The molecule has 0 amide bonds. The molecule has 7 nitrogen and oxygen atoms in total. The lowest BCUT2D eigenvalue weighted by molar-refractivity contribution is 0.585. The van der Waals surface area contributed by atoms with E-state index < -0.39 is 0 Å². The first-order valence-corrected chi connectivity index (χ1v) is 18.2. The number of hydrogen-bond acceptors (Lipinski definition) is 5. The summed E-state index contributed by atoms with van der Waals surface area (Å²) >= 11 is 0. The second-order valence-electron chi connectivity index (χ2n) is 13.6. The normalized spacial score (nSPS) is 11.6. The summed E-state index contributed by atoms with van der Waals surface area (Å²) in [6.45, 7) is 0. The quantitative estimate of drug-likeness (QED) is 0.172. The SMILES string of the molecule is c1ccc(-c2cc(-c3ccccc3)nc(-n3c4ccccc4c4cc(-c5nnc(-c6ccc7c8ccccc8n(-c8ccccc8)c7c6)o5)ccc43)n2)cc1. The van der Waals surface area contributed by atoms with Gasteiger partial charge in [-0.25, -0.2) is 9.97 Å². The van der Waals surface area contributed by atoms with E-state index in [0.29, 0.717) is 17.7 Å². The second-order valence-corrected chi connectivity index (χ2v) is 13.6. The van der Waals surface area contributed by atoms with Gasteiger partial charge in [0, 0.05) is 49.5 Å². The molecule has 0 aliphatic rings. The van der Waals surface area contributed by atoms with Crippen molar-refractivity contribution < 1.29 is 4.42 Å². The molecule has 0 unspecified atom stereocenters. The topological polar surface area (TPSA) is 74.6 Å². The van der Waals surface area contributed by atoms with E-state index in [-0.39, 0.29) is 0 Å². The van der Waals surface area contributed by atoms with E-state index in [1.54, 1.807) is 0 Å². The molecular weight excluding hydrogens is 677 g/mol. The lowest BCUT2D eigenvalue weighted by atomic mass is 10.1. The highest BCUT2D eigenvalue weighted by Crippen LogP contribution is 2.38. The highest BCUT2D eigenvalue weighted by atomic mass is 16.4. The first kappa shape index (κ1) is 30.9. The minimum Gasteiger partial charge on any atom is -0.416 e. The maximum absolute atomic E-state index is 6.44. The van der Waals surface area contributed by atoms with Crippen LogP contribution in [0.4, 0.5) is 0 Å². The zero-order valence-electron chi connectivity index (χ0n) is 29.4. The highest BCUT2D eigenvalue weighted by Gasteiger charge is 2.20. The van der Waals surface area contributed by atoms with Crippen LogP contribution in [0.3, 0.4) is 0 Å². The fourth-order valence-electron chi connectivity index (χ4n) is 7.78. The number of hydrogen-bond donors (Lipinski definition) is 0. The van der Waals surface area contributed by atoms with E-state index in [9.17, 15) is 0 Å². The Kier molecular flexibility index (Phi) is 7.03. The number of fused-ring (bicyclic) bond motifs is 6. The summed E-state index contributed by atoms with van der Waals surface area (Å²) < 4.78 is 10.9. The van der Waals surface area contributed by atoms with Crippen molar-refractivity contribution >= 4 is 43.6 Å². The maximum atomic E-state index is 6.44. The maximum Gasteiger partial charge on any atom is 0.248 e. The van der Waals surface area contributed by atoms with Gasteiger partial charge in [0.1, 0.15) is 0 Å². The van der Waals surface area contributed by atoms with Crippen LogP contribution in [0.5, 0.6) is 0 Å². The third-order valence-electron chi connectivity index (χ3n) is 10.3. The van der Waals surface area contributed by atoms with Crippen molar-refractivity contribution in [2.45, 2.75) is 0 Å². The van der Waals surface area contributed by atoms with Gasteiger partial charge in [-0.05, 0) is 60.7 Å².